The molecule has 14 heavy (non-hydrogen) atoms. The predicted molar refractivity (Wildman–Crippen MR) is 60.9 cm³/mol. The molecule has 0 amide bonds. The number of hydrogen-bond acceptors (Lipinski definition) is 1. The topological polar surface area (TPSA) is 13.6 Å². The maximum absolute atomic E-state index is 6.73. The van der Waals surface area contributed by atoms with Crippen LogP contribution in [-0.4, -0.2) is 13.7 Å². The van der Waals surface area contributed by atoms with E-state index in [4.69, 9.17) is 22.9 Å². The summed E-state index contributed by atoms with van der Waals surface area (Å²) in [5.74, 6) is 0.762. The molecular weight excluding hydrogens is 265 g/mol. The zero-order valence-corrected chi connectivity index (χ0v) is 10.0. The van der Waals surface area contributed by atoms with Crippen molar-refractivity contribution in [1.82, 2.24) is 0 Å². The molecule has 0 N–H and O–H groups in total. The summed E-state index contributed by atoms with van der Waals surface area (Å²) in [6.45, 7) is 7.17. The molecule has 1 rings (SSSR count). The molecule has 0 radical (unpaired) electrons. The summed E-state index contributed by atoms with van der Waals surface area (Å²) in [5, 5.41) is 0.651. The van der Waals surface area contributed by atoms with Gasteiger partial charge in [0.25, 0.3) is 0 Å². The largest absolute Gasteiger partial charge is 0.495 e. The second-order valence-electron chi connectivity index (χ2n) is 2.71. The van der Waals surface area contributed by atoms with E-state index in [9.17, 15) is 0 Å². The molecule has 0 saturated carbocycles. The monoisotopic (exact) mass is 273 g/mol. The highest BCUT2D eigenvalue weighted by Crippen LogP contribution is 2.32. The third kappa shape index (κ3) is 2.63. The first-order valence-electron chi connectivity index (χ1n) is 4.04. The van der Waals surface area contributed by atoms with Gasteiger partial charge in [-0.25, -0.2) is 6.57 Å². The summed E-state index contributed by atoms with van der Waals surface area (Å²) in [4.78, 5) is 3.30. The van der Waals surface area contributed by atoms with Crippen LogP contribution >= 0.6 is 27.5 Å². The Hall–Kier alpha value is -0.720. The molecule has 0 spiro atoms. The maximum Gasteiger partial charge on any atom is 0.218 e. The van der Waals surface area contributed by atoms with Crippen LogP contribution in [0.2, 0.25) is 5.02 Å². The molecule has 0 aliphatic rings. The van der Waals surface area contributed by atoms with Crippen LogP contribution in [0.25, 0.3) is 4.85 Å². The number of ether oxygens (including phenoxy) is 1. The smallest absolute Gasteiger partial charge is 0.218 e. The minimum atomic E-state index is 0.448. The van der Waals surface area contributed by atoms with Gasteiger partial charge in [-0.2, -0.15) is 0 Å². The van der Waals surface area contributed by atoms with Gasteiger partial charge < -0.3 is 9.58 Å². The van der Waals surface area contributed by atoms with Crippen molar-refractivity contribution in [1.29, 1.82) is 0 Å². The van der Waals surface area contributed by atoms with Crippen LogP contribution < -0.4 is 4.74 Å². The average Bonchev–Trinajstić information content (AvgIpc) is 2.14. The molecule has 0 aliphatic carbocycles. The molecule has 2 nitrogen and oxygen atoms in total. The summed E-state index contributed by atoms with van der Waals surface area (Å²) in [7, 11) is 1.61. The fraction of sp³-hybridized carbons (Fsp3) is 0.300. The quantitative estimate of drug-likeness (QED) is 0.768. The molecule has 0 atom stereocenters. The summed E-state index contributed by atoms with van der Waals surface area (Å²) in [6, 6.07) is 3.61. The highest BCUT2D eigenvalue weighted by atomic mass is 79.9. The van der Waals surface area contributed by atoms with E-state index in [1.807, 2.05) is 6.07 Å². The second-order valence-corrected chi connectivity index (χ2v) is 4.00. The van der Waals surface area contributed by atoms with Gasteiger partial charge in [-0.1, -0.05) is 11.6 Å². The third-order valence-corrected chi connectivity index (χ3v) is 2.59. The van der Waals surface area contributed by atoms with Crippen molar-refractivity contribution in [2.45, 2.75) is 6.42 Å². The number of rotatable bonds is 3. The molecule has 0 aromatic heterocycles. The Bertz CT molecular complexity index is 373. The van der Waals surface area contributed by atoms with Crippen LogP contribution in [0.4, 0.5) is 0 Å². The predicted octanol–water partition coefficient (Wildman–Crippen LogP) is 3.57. The van der Waals surface area contributed by atoms with Crippen LogP contribution in [0.3, 0.4) is 0 Å². The molecule has 0 heterocycles. The van der Waals surface area contributed by atoms with E-state index in [1.165, 1.54) is 0 Å². The number of methoxy groups -OCH3 is 1. The van der Waals surface area contributed by atoms with Crippen molar-refractivity contribution in [2.24, 2.45) is 0 Å². The van der Waals surface area contributed by atoms with Crippen molar-refractivity contribution in [3.05, 3.63) is 38.6 Å². The van der Waals surface area contributed by atoms with E-state index >= 15 is 0 Å². The van der Waals surface area contributed by atoms with Gasteiger partial charge in [0, 0.05) is 17.0 Å². The molecule has 1 aromatic carbocycles. The van der Waals surface area contributed by atoms with E-state index in [0.29, 0.717) is 18.0 Å². The summed E-state index contributed by atoms with van der Waals surface area (Å²) < 4.78 is 6.05. The lowest BCUT2D eigenvalue weighted by atomic mass is 10.1. The zero-order chi connectivity index (χ0) is 10.6. The Morgan fingerprint density at radius 3 is 2.86 bits per heavy atom. The molecule has 0 fully saturated rings. The lowest BCUT2D eigenvalue weighted by Crippen LogP contribution is -1.95. The van der Waals surface area contributed by atoms with Crippen molar-refractivity contribution in [3.8, 4) is 5.75 Å². The van der Waals surface area contributed by atoms with Gasteiger partial charge in [0.2, 0.25) is 6.54 Å². The Morgan fingerprint density at radius 2 is 2.29 bits per heavy atom. The van der Waals surface area contributed by atoms with Crippen LogP contribution in [0, 0.1) is 6.57 Å². The summed E-state index contributed by atoms with van der Waals surface area (Å²) >= 11 is 9.26. The van der Waals surface area contributed by atoms with Crippen LogP contribution in [0.5, 0.6) is 5.75 Å². The molecule has 4 heteroatoms. The maximum atomic E-state index is 6.73. The van der Waals surface area contributed by atoms with Gasteiger partial charge >= 0.3 is 0 Å². The molecule has 0 saturated heterocycles. The van der Waals surface area contributed by atoms with E-state index in [1.54, 1.807) is 13.2 Å². The molecule has 74 valence electrons. The first-order valence-corrected chi connectivity index (χ1v) is 5.21. The van der Waals surface area contributed by atoms with E-state index in [-0.39, 0.29) is 0 Å². The first-order chi connectivity index (χ1) is 6.69. The molecule has 0 unspecified atom stereocenters. The van der Waals surface area contributed by atoms with Crippen LogP contribution in [-0.2, 0) is 6.42 Å². The normalized spacial score (nSPS) is 9.57. The van der Waals surface area contributed by atoms with Crippen LogP contribution in [0.1, 0.15) is 5.56 Å². The third-order valence-electron chi connectivity index (χ3n) is 1.78. The van der Waals surface area contributed by atoms with E-state index < -0.39 is 0 Å². The van der Waals surface area contributed by atoms with Gasteiger partial charge in [-0.15, -0.1) is 0 Å². The lowest BCUT2D eigenvalue weighted by molar-refractivity contribution is 0.407. The van der Waals surface area contributed by atoms with Crippen molar-refractivity contribution < 1.29 is 4.74 Å². The Morgan fingerprint density at radius 1 is 1.57 bits per heavy atom. The fourth-order valence-corrected chi connectivity index (χ4v) is 2.24. The van der Waals surface area contributed by atoms with E-state index in [2.05, 4.69) is 20.8 Å². The number of nitrogens with zero attached hydrogens (tertiary/aromatic N) is 1. The molecule has 0 bridgehead atoms. The van der Waals surface area contributed by atoms with E-state index in [0.717, 1.165) is 15.8 Å². The first kappa shape index (κ1) is 11.4. The number of hydrogen-bond donors (Lipinski definition) is 0. The summed E-state index contributed by atoms with van der Waals surface area (Å²) in [6.07, 6.45) is 0.659. The standard InChI is InChI=1S/C10H9BrClNO/c1-13-4-3-7-5-8(12)6-9(11)10(7)14-2/h5-6H,3-4H2,2H3. The van der Waals surface area contributed by atoms with Gasteiger partial charge in [0.15, 0.2) is 0 Å². The van der Waals surface area contributed by atoms with Gasteiger partial charge in [0.1, 0.15) is 5.75 Å². The molecular formula is C10H9BrClNO. The second kappa shape index (κ2) is 5.23. The SMILES string of the molecule is [C-]#[N+]CCc1cc(Cl)cc(Br)c1OC. The Kier molecular flexibility index (Phi) is 4.24. The van der Waals surface area contributed by atoms with Gasteiger partial charge in [0.05, 0.1) is 11.6 Å². The van der Waals surface area contributed by atoms with Crippen LogP contribution in [0.15, 0.2) is 16.6 Å². The van der Waals surface area contributed by atoms with Crippen molar-refractivity contribution in [3.63, 3.8) is 0 Å². The highest BCUT2D eigenvalue weighted by Gasteiger charge is 2.09. The Labute approximate surface area is 96.8 Å². The van der Waals surface area contributed by atoms with Crippen molar-refractivity contribution in [2.75, 3.05) is 13.7 Å². The number of benzene rings is 1. The van der Waals surface area contributed by atoms with Gasteiger partial charge in [-0.05, 0) is 28.1 Å². The van der Waals surface area contributed by atoms with Gasteiger partial charge in [-0.3, -0.25) is 0 Å². The molecule has 0 aliphatic heterocycles. The minimum Gasteiger partial charge on any atom is -0.495 e. The fourth-order valence-electron chi connectivity index (χ4n) is 1.20. The minimum absolute atomic E-state index is 0.448. The Balaban J connectivity index is 3.06. The average molecular weight is 275 g/mol. The van der Waals surface area contributed by atoms with Crippen molar-refractivity contribution >= 4 is 27.5 Å². The zero-order valence-electron chi connectivity index (χ0n) is 7.68. The highest BCUT2D eigenvalue weighted by molar-refractivity contribution is 9.10. The lowest BCUT2D eigenvalue weighted by Gasteiger charge is -2.08. The molecule has 1 aromatic rings. The summed E-state index contributed by atoms with van der Waals surface area (Å²) in [5.41, 5.74) is 0.961. The number of halogens is 2.